The number of carbonyl (C=O) groups excluding carboxylic acids is 2. The lowest BCUT2D eigenvalue weighted by Crippen LogP contribution is -2.54. The van der Waals surface area contributed by atoms with E-state index in [9.17, 15) is 9.59 Å². The van der Waals surface area contributed by atoms with E-state index in [0.29, 0.717) is 17.8 Å². The van der Waals surface area contributed by atoms with Gasteiger partial charge < -0.3 is 9.47 Å². The molecule has 4 heteroatoms. The highest BCUT2D eigenvalue weighted by atomic mass is 16.5. The van der Waals surface area contributed by atoms with Gasteiger partial charge in [0, 0.05) is 11.3 Å². The third-order valence-electron chi connectivity index (χ3n) is 8.94. The summed E-state index contributed by atoms with van der Waals surface area (Å²) in [7, 11) is 3.11. The van der Waals surface area contributed by atoms with E-state index in [1.807, 2.05) is 6.08 Å². The van der Waals surface area contributed by atoms with Gasteiger partial charge in [-0.2, -0.15) is 0 Å². The highest BCUT2D eigenvalue weighted by molar-refractivity contribution is 6.11. The molecule has 29 heavy (non-hydrogen) atoms. The molecule has 0 aromatic heterocycles. The molecule has 5 rings (SSSR count). The molecule has 1 aromatic carbocycles. The summed E-state index contributed by atoms with van der Waals surface area (Å²) in [6.45, 7) is 6.06. The molecule has 0 bridgehead atoms. The first-order valence-electron chi connectivity index (χ1n) is 10.9. The fraction of sp³-hybridized carbons (Fsp3) is 0.600. The van der Waals surface area contributed by atoms with Gasteiger partial charge in [0.05, 0.1) is 14.2 Å². The van der Waals surface area contributed by atoms with Crippen molar-refractivity contribution in [1.29, 1.82) is 0 Å². The molecule has 0 heterocycles. The highest BCUT2D eigenvalue weighted by Crippen LogP contribution is 2.73. The number of esters is 1. The Kier molecular flexibility index (Phi) is 4.04. The van der Waals surface area contributed by atoms with E-state index in [0.717, 1.165) is 37.9 Å². The number of allylic oxidation sites excluding steroid dienone is 1. The molecule has 3 saturated carbocycles. The van der Waals surface area contributed by atoms with Crippen molar-refractivity contribution in [3.63, 3.8) is 0 Å². The molecular weight excluding hydrogens is 364 g/mol. The summed E-state index contributed by atoms with van der Waals surface area (Å²) in [6.07, 6.45) is 6.74. The third-order valence-corrected chi connectivity index (χ3v) is 8.94. The molecule has 4 aliphatic rings. The second-order valence-corrected chi connectivity index (χ2v) is 9.73. The second-order valence-electron chi connectivity index (χ2n) is 9.73. The van der Waals surface area contributed by atoms with Crippen LogP contribution < -0.4 is 4.74 Å². The molecule has 0 amide bonds. The lowest BCUT2D eigenvalue weighted by Gasteiger charge is -2.54. The molecule has 1 aromatic rings. The molecule has 7 atom stereocenters. The van der Waals surface area contributed by atoms with Crippen LogP contribution in [0.25, 0.3) is 0 Å². The predicted molar refractivity (Wildman–Crippen MR) is 110 cm³/mol. The number of benzene rings is 1. The van der Waals surface area contributed by atoms with Gasteiger partial charge >= 0.3 is 5.97 Å². The minimum absolute atomic E-state index is 0.0639. The van der Waals surface area contributed by atoms with Crippen LogP contribution in [0.3, 0.4) is 0 Å². The van der Waals surface area contributed by atoms with Gasteiger partial charge in [-0.05, 0) is 79.0 Å². The zero-order valence-corrected chi connectivity index (χ0v) is 17.6. The smallest absolute Gasteiger partial charge is 0.320 e. The number of ether oxygens (including phenoxy) is 2. The highest BCUT2D eigenvalue weighted by Gasteiger charge is 2.80. The van der Waals surface area contributed by atoms with Gasteiger partial charge in [0.25, 0.3) is 0 Å². The summed E-state index contributed by atoms with van der Waals surface area (Å²) < 4.78 is 10.5. The monoisotopic (exact) mass is 394 g/mol. The predicted octanol–water partition coefficient (Wildman–Crippen LogP) is 4.32. The Morgan fingerprint density at radius 3 is 2.72 bits per heavy atom. The molecular formula is C25H30O4. The average molecular weight is 395 g/mol. The van der Waals surface area contributed by atoms with Gasteiger partial charge in [-0.15, -0.1) is 6.58 Å². The molecule has 0 saturated heterocycles. The van der Waals surface area contributed by atoms with Crippen LogP contribution in [0.2, 0.25) is 0 Å². The molecule has 0 N–H and O–H groups in total. The van der Waals surface area contributed by atoms with Crippen molar-refractivity contribution in [2.45, 2.75) is 44.9 Å². The summed E-state index contributed by atoms with van der Waals surface area (Å²) in [5, 5.41) is 0. The summed E-state index contributed by atoms with van der Waals surface area (Å²) in [4.78, 5) is 26.6. The Morgan fingerprint density at radius 1 is 1.24 bits per heavy atom. The zero-order valence-electron chi connectivity index (χ0n) is 17.6. The van der Waals surface area contributed by atoms with Crippen molar-refractivity contribution in [3.8, 4) is 5.75 Å². The number of methoxy groups -OCH3 is 2. The largest absolute Gasteiger partial charge is 0.497 e. The fourth-order valence-electron chi connectivity index (χ4n) is 7.51. The number of Topliss-reactive ketones (excluding diaryl/α,β-unsaturated/α-hetero) is 1. The van der Waals surface area contributed by atoms with E-state index >= 15 is 0 Å². The first-order valence-corrected chi connectivity index (χ1v) is 10.9. The van der Waals surface area contributed by atoms with Crippen molar-refractivity contribution in [3.05, 3.63) is 42.0 Å². The average Bonchev–Trinajstić information content (AvgIpc) is 3.42. The number of carbonyl (C=O) groups is 2. The zero-order chi connectivity index (χ0) is 20.6. The maximum atomic E-state index is 13.9. The van der Waals surface area contributed by atoms with Crippen LogP contribution >= 0.6 is 0 Å². The number of fused-ring (bicyclic) bond motifs is 6. The standard InChI is InChI=1S/C25H30O4/c1-5-19-21-13-20-18-8-6-14-12-15(28-3)7-9-16(14)17(18)10-11-24(20,2)22(26)25(19,21)23(27)29-4/h5,7,9,12,17-21H,1,6,8,10-11,13H2,2-4H3/t17-,18-,19-,20+,21-,24+,25-/m1/s1. The molecule has 0 unspecified atom stereocenters. The Labute approximate surface area is 172 Å². The van der Waals surface area contributed by atoms with Crippen molar-refractivity contribution >= 4 is 11.8 Å². The van der Waals surface area contributed by atoms with Crippen LogP contribution in [0.1, 0.15) is 49.7 Å². The van der Waals surface area contributed by atoms with Crippen LogP contribution in [0.5, 0.6) is 5.75 Å². The number of hydrogen-bond acceptors (Lipinski definition) is 4. The number of aryl methyl sites for hydroxylation is 1. The molecule has 154 valence electrons. The number of ketones is 1. The Morgan fingerprint density at radius 2 is 2.03 bits per heavy atom. The molecule has 0 spiro atoms. The van der Waals surface area contributed by atoms with Crippen LogP contribution in [-0.2, 0) is 20.7 Å². The van der Waals surface area contributed by atoms with Crippen molar-refractivity contribution in [1.82, 2.24) is 0 Å². The minimum atomic E-state index is -0.964. The van der Waals surface area contributed by atoms with Crippen molar-refractivity contribution < 1.29 is 19.1 Å². The maximum absolute atomic E-state index is 13.9. The normalized spacial score (nSPS) is 41.9. The van der Waals surface area contributed by atoms with E-state index in [1.54, 1.807) is 7.11 Å². The first kappa shape index (κ1) is 18.9. The van der Waals surface area contributed by atoms with E-state index in [4.69, 9.17) is 9.47 Å². The second kappa shape index (κ2) is 6.20. The first-order chi connectivity index (χ1) is 13.9. The fourth-order valence-corrected chi connectivity index (χ4v) is 7.51. The summed E-state index contributed by atoms with van der Waals surface area (Å²) in [5.41, 5.74) is 1.44. The quantitative estimate of drug-likeness (QED) is 0.435. The van der Waals surface area contributed by atoms with Gasteiger partial charge in [-0.1, -0.05) is 19.1 Å². The van der Waals surface area contributed by atoms with Crippen LogP contribution in [-0.4, -0.2) is 26.0 Å². The Balaban J connectivity index is 1.51. The van der Waals surface area contributed by atoms with Gasteiger partial charge in [0.1, 0.15) is 11.2 Å². The Bertz CT molecular complexity index is 904. The van der Waals surface area contributed by atoms with Gasteiger partial charge in [-0.25, -0.2) is 0 Å². The van der Waals surface area contributed by atoms with Gasteiger partial charge in [0.15, 0.2) is 5.78 Å². The van der Waals surface area contributed by atoms with Crippen LogP contribution in [0.4, 0.5) is 0 Å². The van der Waals surface area contributed by atoms with E-state index in [2.05, 4.69) is 31.7 Å². The van der Waals surface area contributed by atoms with Gasteiger partial charge in [0.2, 0.25) is 0 Å². The van der Waals surface area contributed by atoms with Crippen molar-refractivity contribution in [2.75, 3.05) is 14.2 Å². The lowest BCUT2D eigenvalue weighted by atomic mass is 9.49. The molecule has 3 fully saturated rings. The summed E-state index contributed by atoms with van der Waals surface area (Å²) in [6, 6.07) is 6.49. The lowest BCUT2D eigenvalue weighted by molar-refractivity contribution is -0.163. The molecule has 4 nitrogen and oxygen atoms in total. The number of hydrogen-bond donors (Lipinski definition) is 0. The van der Waals surface area contributed by atoms with E-state index in [-0.39, 0.29) is 23.6 Å². The SMILES string of the molecule is C=C[C@@H]1[C@H]2C[C@H]3[C@@H]4CCc5cc(OC)ccc5[C@H]4CC[C@]3(C)C(=O)[C@@]12C(=O)OC. The maximum Gasteiger partial charge on any atom is 0.320 e. The van der Waals surface area contributed by atoms with E-state index in [1.165, 1.54) is 18.2 Å². The van der Waals surface area contributed by atoms with Gasteiger partial charge in [-0.3, -0.25) is 9.59 Å². The van der Waals surface area contributed by atoms with E-state index < -0.39 is 10.8 Å². The molecule has 0 aliphatic heterocycles. The molecule has 4 aliphatic carbocycles. The Hall–Kier alpha value is -2.10. The number of rotatable bonds is 3. The molecule has 0 radical (unpaired) electrons. The minimum Gasteiger partial charge on any atom is -0.497 e. The third kappa shape index (κ3) is 2.21. The topological polar surface area (TPSA) is 52.6 Å². The van der Waals surface area contributed by atoms with Crippen LogP contribution in [0.15, 0.2) is 30.9 Å². The van der Waals surface area contributed by atoms with Crippen LogP contribution in [0, 0.1) is 34.5 Å². The van der Waals surface area contributed by atoms with Crippen molar-refractivity contribution in [2.24, 2.45) is 34.5 Å². The summed E-state index contributed by atoms with van der Waals surface area (Å²) in [5.74, 6) is 2.03. The summed E-state index contributed by atoms with van der Waals surface area (Å²) >= 11 is 0.